The highest BCUT2D eigenvalue weighted by Crippen LogP contribution is 2.21. The van der Waals surface area contributed by atoms with Gasteiger partial charge in [-0.05, 0) is 28.1 Å². The van der Waals surface area contributed by atoms with Gasteiger partial charge in [0.25, 0.3) is 5.91 Å². The summed E-state index contributed by atoms with van der Waals surface area (Å²) in [5.74, 6) is 0.409. The molecule has 0 radical (unpaired) electrons. The average Bonchev–Trinajstić information content (AvgIpc) is 2.64. The summed E-state index contributed by atoms with van der Waals surface area (Å²) in [6.07, 6.45) is 0. The topological polar surface area (TPSA) is 38.3 Å². The standard InChI is InChI=1S/C9H11BrClNO2S/c10-8-2-1-7(15-8)9(13)12-4-6-14-5-3-11/h1-2H,3-6H2,(H,12,13). The SMILES string of the molecule is O=C(NCCOCCCl)c1ccc(Br)s1. The molecule has 1 aromatic heterocycles. The zero-order valence-corrected chi connectivity index (χ0v) is 11.1. The second kappa shape index (κ2) is 7.22. The molecule has 0 aromatic carbocycles. The maximum absolute atomic E-state index is 11.5. The van der Waals surface area contributed by atoms with Gasteiger partial charge in [0, 0.05) is 12.4 Å². The predicted octanol–water partition coefficient (Wildman–Crippen LogP) is 2.50. The molecule has 1 amide bonds. The molecule has 3 nitrogen and oxygen atoms in total. The molecular weight excluding hydrogens is 302 g/mol. The average molecular weight is 313 g/mol. The summed E-state index contributed by atoms with van der Waals surface area (Å²) >= 11 is 10.1. The minimum Gasteiger partial charge on any atom is -0.378 e. The van der Waals surface area contributed by atoms with E-state index in [1.54, 1.807) is 6.07 Å². The summed E-state index contributed by atoms with van der Waals surface area (Å²) in [6.45, 7) is 1.51. The summed E-state index contributed by atoms with van der Waals surface area (Å²) in [5, 5.41) is 2.75. The Hall–Kier alpha value is -0.100. The second-order valence-electron chi connectivity index (χ2n) is 2.66. The lowest BCUT2D eigenvalue weighted by Crippen LogP contribution is -2.26. The zero-order chi connectivity index (χ0) is 11.1. The van der Waals surface area contributed by atoms with Crippen molar-refractivity contribution in [3.05, 3.63) is 20.8 Å². The molecule has 0 aliphatic carbocycles. The Labute approximate surface area is 106 Å². The first kappa shape index (κ1) is 13.0. The van der Waals surface area contributed by atoms with Crippen LogP contribution in [0.15, 0.2) is 15.9 Å². The van der Waals surface area contributed by atoms with E-state index in [0.717, 1.165) is 3.79 Å². The number of nitrogens with one attached hydrogen (secondary N) is 1. The Balaban J connectivity index is 2.19. The Kier molecular flexibility index (Phi) is 6.24. The van der Waals surface area contributed by atoms with E-state index in [4.69, 9.17) is 16.3 Å². The molecular formula is C9H11BrClNO2S. The van der Waals surface area contributed by atoms with Crippen molar-refractivity contribution in [1.29, 1.82) is 0 Å². The van der Waals surface area contributed by atoms with Crippen LogP contribution in [0.2, 0.25) is 0 Å². The molecule has 1 heterocycles. The molecule has 0 atom stereocenters. The van der Waals surface area contributed by atoms with Gasteiger partial charge in [0.15, 0.2) is 0 Å². The first-order valence-corrected chi connectivity index (χ1v) is 6.55. The number of carbonyl (C=O) groups is 1. The van der Waals surface area contributed by atoms with Crippen LogP contribution >= 0.6 is 38.9 Å². The van der Waals surface area contributed by atoms with Gasteiger partial charge in [-0.1, -0.05) is 0 Å². The second-order valence-corrected chi connectivity index (χ2v) is 5.50. The molecule has 0 aliphatic heterocycles. The Morgan fingerprint density at radius 2 is 2.33 bits per heavy atom. The largest absolute Gasteiger partial charge is 0.378 e. The summed E-state index contributed by atoms with van der Waals surface area (Å²) in [7, 11) is 0. The monoisotopic (exact) mass is 311 g/mol. The van der Waals surface area contributed by atoms with Crippen molar-refractivity contribution in [1.82, 2.24) is 5.32 Å². The molecule has 1 N–H and O–H groups in total. The van der Waals surface area contributed by atoms with Gasteiger partial charge in [-0.15, -0.1) is 22.9 Å². The van der Waals surface area contributed by atoms with E-state index in [0.29, 0.717) is 30.5 Å². The van der Waals surface area contributed by atoms with Crippen molar-refractivity contribution in [2.45, 2.75) is 0 Å². The molecule has 0 bridgehead atoms. The number of alkyl halides is 1. The van der Waals surface area contributed by atoms with Crippen LogP contribution < -0.4 is 5.32 Å². The van der Waals surface area contributed by atoms with Gasteiger partial charge >= 0.3 is 0 Å². The first-order valence-electron chi connectivity index (χ1n) is 4.41. The maximum Gasteiger partial charge on any atom is 0.261 e. The van der Waals surface area contributed by atoms with Gasteiger partial charge in [-0.2, -0.15) is 0 Å². The highest BCUT2D eigenvalue weighted by molar-refractivity contribution is 9.11. The van der Waals surface area contributed by atoms with E-state index < -0.39 is 0 Å². The van der Waals surface area contributed by atoms with E-state index >= 15 is 0 Å². The van der Waals surface area contributed by atoms with E-state index in [2.05, 4.69) is 21.2 Å². The van der Waals surface area contributed by atoms with Crippen LogP contribution in [0.4, 0.5) is 0 Å². The summed E-state index contributed by atoms with van der Waals surface area (Å²) < 4.78 is 6.07. The van der Waals surface area contributed by atoms with Crippen molar-refractivity contribution in [2.24, 2.45) is 0 Å². The fourth-order valence-corrected chi connectivity index (χ4v) is 2.33. The quantitative estimate of drug-likeness (QED) is 0.647. The Morgan fingerprint density at radius 1 is 1.53 bits per heavy atom. The summed E-state index contributed by atoms with van der Waals surface area (Å²) in [4.78, 5) is 12.2. The highest BCUT2D eigenvalue weighted by Gasteiger charge is 2.06. The van der Waals surface area contributed by atoms with Crippen LogP contribution in [-0.2, 0) is 4.74 Å². The maximum atomic E-state index is 11.5. The number of rotatable bonds is 6. The van der Waals surface area contributed by atoms with Gasteiger partial charge in [-0.25, -0.2) is 0 Å². The van der Waals surface area contributed by atoms with Crippen molar-refractivity contribution in [3.63, 3.8) is 0 Å². The number of thiophene rings is 1. The first-order chi connectivity index (χ1) is 7.24. The molecule has 6 heteroatoms. The minimum absolute atomic E-state index is 0.0693. The van der Waals surface area contributed by atoms with Crippen LogP contribution in [0, 0.1) is 0 Å². The van der Waals surface area contributed by atoms with Crippen LogP contribution in [0.5, 0.6) is 0 Å². The molecule has 0 saturated heterocycles. The fourth-order valence-electron chi connectivity index (χ4n) is 0.917. The zero-order valence-electron chi connectivity index (χ0n) is 7.96. The number of ether oxygens (including phenoxy) is 1. The Bertz CT molecular complexity index is 319. The van der Waals surface area contributed by atoms with Crippen LogP contribution in [0.25, 0.3) is 0 Å². The predicted molar refractivity (Wildman–Crippen MR) is 65.9 cm³/mol. The smallest absolute Gasteiger partial charge is 0.261 e. The van der Waals surface area contributed by atoms with Gasteiger partial charge in [-0.3, -0.25) is 4.79 Å². The lowest BCUT2D eigenvalue weighted by molar-refractivity contribution is 0.0927. The third kappa shape index (κ3) is 4.97. The summed E-state index contributed by atoms with van der Waals surface area (Å²) in [5.41, 5.74) is 0. The molecule has 0 aliphatic rings. The number of hydrogen-bond acceptors (Lipinski definition) is 3. The lowest BCUT2D eigenvalue weighted by atomic mass is 10.4. The normalized spacial score (nSPS) is 10.3. The third-order valence-corrected chi connectivity index (χ3v) is 3.33. The molecule has 0 fully saturated rings. The van der Waals surface area contributed by atoms with Crippen molar-refractivity contribution in [3.8, 4) is 0 Å². The van der Waals surface area contributed by atoms with E-state index in [1.807, 2.05) is 6.07 Å². The Morgan fingerprint density at radius 3 is 2.93 bits per heavy atom. The lowest BCUT2D eigenvalue weighted by Gasteiger charge is -2.03. The molecule has 0 unspecified atom stereocenters. The van der Waals surface area contributed by atoms with Gasteiger partial charge in [0.2, 0.25) is 0 Å². The third-order valence-electron chi connectivity index (χ3n) is 1.55. The van der Waals surface area contributed by atoms with Crippen LogP contribution in [0.3, 0.4) is 0 Å². The van der Waals surface area contributed by atoms with E-state index in [9.17, 15) is 4.79 Å². The van der Waals surface area contributed by atoms with Gasteiger partial charge in [0.1, 0.15) is 0 Å². The number of halogens is 2. The number of amides is 1. The fraction of sp³-hybridized carbons (Fsp3) is 0.444. The minimum atomic E-state index is -0.0693. The molecule has 15 heavy (non-hydrogen) atoms. The van der Waals surface area contributed by atoms with Crippen molar-refractivity contribution < 1.29 is 9.53 Å². The molecule has 1 rings (SSSR count). The van der Waals surface area contributed by atoms with Crippen molar-refractivity contribution in [2.75, 3.05) is 25.6 Å². The van der Waals surface area contributed by atoms with E-state index in [1.165, 1.54) is 11.3 Å². The molecule has 84 valence electrons. The number of carbonyl (C=O) groups excluding carboxylic acids is 1. The molecule has 1 aromatic rings. The van der Waals surface area contributed by atoms with Gasteiger partial charge in [0.05, 0.1) is 21.9 Å². The summed E-state index contributed by atoms with van der Waals surface area (Å²) in [6, 6.07) is 3.63. The van der Waals surface area contributed by atoms with Crippen LogP contribution in [-0.4, -0.2) is 31.5 Å². The number of hydrogen-bond donors (Lipinski definition) is 1. The van der Waals surface area contributed by atoms with Crippen LogP contribution in [0.1, 0.15) is 9.67 Å². The van der Waals surface area contributed by atoms with Gasteiger partial charge < -0.3 is 10.1 Å². The van der Waals surface area contributed by atoms with Crippen molar-refractivity contribution >= 4 is 44.8 Å². The molecule has 0 saturated carbocycles. The van der Waals surface area contributed by atoms with E-state index in [-0.39, 0.29) is 5.91 Å². The highest BCUT2D eigenvalue weighted by atomic mass is 79.9. The molecule has 0 spiro atoms.